The second kappa shape index (κ2) is 9.26. The van der Waals surface area contributed by atoms with E-state index in [1.54, 1.807) is 12.1 Å². The number of nitrogens with one attached hydrogen (secondary N) is 1. The van der Waals surface area contributed by atoms with E-state index in [-0.39, 0.29) is 23.2 Å². The third kappa shape index (κ3) is 4.54. The average molecular weight is 441 g/mol. The van der Waals surface area contributed by atoms with Crippen molar-refractivity contribution in [3.05, 3.63) is 66.2 Å². The summed E-state index contributed by atoms with van der Waals surface area (Å²) in [6.07, 6.45) is 2.25. The molecule has 1 aliphatic heterocycles. The Morgan fingerprint density at radius 1 is 0.968 bits per heavy atom. The molecule has 3 aromatic rings. The summed E-state index contributed by atoms with van der Waals surface area (Å²) in [5.41, 5.74) is 1.14. The Kier molecular flexibility index (Phi) is 6.46. The topological polar surface area (TPSA) is 67.9 Å². The van der Waals surface area contributed by atoms with Crippen LogP contribution in [0.5, 0.6) is 11.5 Å². The molecule has 6 nitrogen and oxygen atoms in total. The molecule has 0 amide bonds. The van der Waals surface area contributed by atoms with Crippen molar-refractivity contribution in [1.82, 2.24) is 9.62 Å². The lowest BCUT2D eigenvalue weighted by atomic mass is 9.98. The van der Waals surface area contributed by atoms with Gasteiger partial charge in [0.2, 0.25) is 10.0 Å². The second-order valence-electron chi connectivity index (χ2n) is 7.70. The summed E-state index contributed by atoms with van der Waals surface area (Å²) in [4.78, 5) is 2.44. The molecule has 0 aliphatic carbocycles. The molecule has 1 N–H and O–H groups in total. The van der Waals surface area contributed by atoms with Gasteiger partial charge < -0.3 is 9.47 Å². The van der Waals surface area contributed by atoms with Crippen LogP contribution in [0.15, 0.2) is 65.6 Å². The van der Waals surface area contributed by atoms with Gasteiger partial charge in [-0.3, -0.25) is 4.90 Å². The van der Waals surface area contributed by atoms with Crippen LogP contribution in [0.1, 0.15) is 24.4 Å². The summed E-state index contributed by atoms with van der Waals surface area (Å²) in [6, 6.07) is 19.2. The molecule has 0 saturated carbocycles. The molecule has 0 spiro atoms. The third-order valence-electron chi connectivity index (χ3n) is 5.89. The summed E-state index contributed by atoms with van der Waals surface area (Å²) in [6.45, 7) is 2.19. The molecule has 0 radical (unpaired) electrons. The zero-order valence-corrected chi connectivity index (χ0v) is 18.7. The van der Waals surface area contributed by atoms with Gasteiger partial charge in [0.15, 0.2) is 0 Å². The number of hydrogen-bond donors (Lipinski definition) is 1. The quantitative estimate of drug-likeness (QED) is 0.574. The number of rotatable bonds is 8. The molecule has 3 aromatic carbocycles. The van der Waals surface area contributed by atoms with Gasteiger partial charge in [0, 0.05) is 18.7 Å². The van der Waals surface area contributed by atoms with Crippen LogP contribution >= 0.6 is 0 Å². The fraction of sp³-hybridized carbons (Fsp3) is 0.333. The van der Waals surface area contributed by atoms with Gasteiger partial charge in [-0.2, -0.15) is 0 Å². The van der Waals surface area contributed by atoms with E-state index >= 15 is 0 Å². The lowest BCUT2D eigenvalue weighted by Gasteiger charge is -2.29. The normalized spacial score (nSPS) is 15.8. The van der Waals surface area contributed by atoms with Gasteiger partial charge in [-0.1, -0.05) is 42.5 Å². The lowest BCUT2D eigenvalue weighted by molar-refractivity contribution is 0.248. The van der Waals surface area contributed by atoms with Gasteiger partial charge in [0.05, 0.1) is 14.2 Å². The van der Waals surface area contributed by atoms with E-state index in [0.717, 1.165) is 42.3 Å². The zero-order chi connectivity index (χ0) is 21.8. The number of hydrogen-bond acceptors (Lipinski definition) is 5. The van der Waals surface area contributed by atoms with Gasteiger partial charge in [-0.15, -0.1) is 0 Å². The van der Waals surface area contributed by atoms with E-state index in [4.69, 9.17) is 9.47 Å². The first-order chi connectivity index (χ1) is 15.0. The summed E-state index contributed by atoms with van der Waals surface area (Å²) in [7, 11) is -0.831. The molecule has 7 heteroatoms. The number of nitrogens with zero attached hydrogens (tertiary/aromatic N) is 1. The molecule has 1 aliphatic rings. The van der Waals surface area contributed by atoms with Crippen LogP contribution in [0.2, 0.25) is 0 Å². The van der Waals surface area contributed by atoms with Crippen molar-refractivity contribution in [1.29, 1.82) is 0 Å². The van der Waals surface area contributed by atoms with Crippen LogP contribution in [0.3, 0.4) is 0 Å². The van der Waals surface area contributed by atoms with Crippen molar-refractivity contribution in [3.8, 4) is 11.5 Å². The Morgan fingerprint density at radius 3 is 2.45 bits per heavy atom. The summed E-state index contributed by atoms with van der Waals surface area (Å²) in [5.74, 6) is 0.752. The number of ether oxygens (including phenoxy) is 2. The molecule has 1 atom stereocenters. The number of likely N-dealkylation sites (tertiary alicyclic amines) is 1. The predicted molar refractivity (Wildman–Crippen MR) is 122 cm³/mol. The van der Waals surface area contributed by atoms with Crippen molar-refractivity contribution in [2.24, 2.45) is 0 Å². The standard InChI is InChI=1S/C24H28N2O4S/c1-29-19-12-13-23(30-2)24(16-19)31(27,28)25-17-22(26-14-5-6-15-26)21-11-7-9-18-8-3-4-10-20(18)21/h3-4,7-13,16,22,25H,5-6,14-15,17H2,1-2H3/t22-/m0/s1. The third-order valence-corrected chi connectivity index (χ3v) is 7.34. The number of sulfonamides is 1. The first kappa shape index (κ1) is 21.6. The molecular weight excluding hydrogens is 412 g/mol. The summed E-state index contributed by atoms with van der Waals surface area (Å²) >= 11 is 0. The highest BCUT2D eigenvalue weighted by Crippen LogP contribution is 2.32. The van der Waals surface area contributed by atoms with Crippen LogP contribution in [-0.2, 0) is 10.0 Å². The van der Waals surface area contributed by atoms with Crippen molar-refractivity contribution >= 4 is 20.8 Å². The number of methoxy groups -OCH3 is 2. The molecule has 31 heavy (non-hydrogen) atoms. The van der Waals surface area contributed by atoms with Crippen LogP contribution < -0.4 is 14.2 Å². The van der Waals surface area contributed by atoms with E-state index in [1.165, 1.54) is 20.3 Å². The number of fused-ring (bicyclic) bond motifs is 1. The Morgan fingerprint density at radius 2 is 1.71 bits per heavy atom. The highest BCUT2D eigenvalue weighted by atomic mass is 32.2. The maximum Gasteiger partial charge on any atom is 0.244 e. The zero-order valence-electron chi connectivity index (χ0n) is 17.9. The number of benzene rings is 3. The fourth-order valence-electron chi connectivity index (χ4n) is 4.29. The van der Waals surface area contributed by atoms with Crippen molar-refractivity contribution in [2.75, 3.05) is 33.9 Å². The maximum absolute atomic E-state index is 13.2. The van der Waals surface area contributed by atoms with Gasteiger partial charge in [-0.25, -0.2) is 13.1 Å². The molecule has 0 unspecified atom stereocenters. The van der Waals surface area contributed by atoms with Crippen LogP contribution in [0.4, 0.5) is 0 Å². The first-order valence-electron chi connectivity index (χ1n) is 10.5. The molecule has 4 rings (SSSR count). The minimum Gasteiger partial charge on any atom is -0.497 e. The maximum atomic E-state index is 13.2. The molecule has 1 saturated heterocycles. The summed E-state index contributed by atoms with van der Waals surface area (Å²) < 4.78 is 39.8. The fourth-order valence-corrected chi connectivity index (χ4v) is 5.51. The van der Waals surface area contributed by atoms with Crippen LogP contribution in [0, 0.1) is 0 Å². The molecule has 164 valence electrons. The van der Waals surface area contributed by atoms with E-state index in [0.29, 0.717) is 5.75 Å². The van der Waals surface area contributed by atoms with Crippen LogP contribution in [-0.4, -0.2) is 47.2 Å². The SMILES string of the molecule is COc1ccc(OC)c(S(=O)(=O)NC[C@@H](c2cccc3ccccc23)N2CCCC2)c1. The average Bonchev–Trinajstić information content (AvgIpc) is 3.33. The second-order valence-corrected chi connectivity index (χ2v) is 9.43. The van der Waals surface area contributed by atoms with E-state index in [2.05, 4.69) is 33.9 Å². The van der Waals surface area contributed by atoms with Gasteiger partial charge >= 0.3 is 0 Å². The molecular formula is C24H28N2O4S. The Labute approximate surface area is 183 Å². The van der Waals surface area contributed by atoms with Crippen molar-refractivity contribution < 1.29 is 17.9 Å². The van der Waals surface area contributed by atoms with Gasteiger partial charge in [0.1, 0.15) is 16.4 Å². The van der Waals surface area contributed by atoms with Crippen LogP contribution in [0.25, 0.3) is 10.8 Å². The lowest BCUT2D eigenvalue weighted by Crippen LogP contribution is -2.37. The van der Waals surface area contributed by atoms with Gasteiger partial charge in [0.25, 0.3) is 0 Å². The smallest absolute Gasteiger partial charge is 0.244 e. The van der Waals surface area contributed by atoms with Gasteiger partial charge in [-0.05, 0) is 54.4 Å². The molecule has 1 fully saturated rings. The largest absolute Gasteiger partial charge is 0.497 e. The Hall–Kier alpha value is -2.61. The summed E-state index contributed by atoms with van der Waals surface area (Å²) in [5, 5.41) is 2.31. The monoisotopic (exact) mass is 440 g/mol. The highest BCUT2D eigenvalue weighted by Gasteiger charge is 2.28. The Bertz CT molecular complexity index is 1150. The van der Waals surface area contributed by atoms with Crippen molar-refractivity contribution in [3.63, 3.8) is 0 Å². The highest BCUT2D eigenvalue weighted by molar-refractivity contribution is 7.89. The minimum atomic E-state index is -3.80. The Balaban J connectivity index is 1.67. The molecule has 1 heterocycles. The first-order valence-corrected chi connectivity index (χ1v) is 12.0. The predicted octanol–water partition coefficient (Wildman–Crippen LogP) is 3.97. The molecule has 0 bridgehead atoms. The van der Waals surface area contributed by atoms with E-state index in [9.17, 15) is 8.42 Å². The van der Waals surface area contributed by atoms with Crippen molar-refractivity contribution in [2.45, 2.75) is 23.8 Å². The van der Waals surface area contributed by atoms with E-state index < -0.39 is 10.0 Å². The van der Waals surface area contributed by atoms with E-state index in [1.807, 2.05) is 18.2 Å². The minimum absolute atomic E-state index is 0.0556. The molecule has 0 aromatic heterocycles.